The lowest BCUT2D eigenvalue weighted by molar-refractivity contribution is 0.173. The third-order valence-corrected chi connectivity index (χ3v) is 2.73. The molecule has 0 aliphatic heterocycles. The molecule has 1 rings (SSSR count). The molecule has 84 valence electrons. The van der Waals surface area contributed by atoms with Crippen LogP contribution >= 0.6 is 15.9 Å². The van der Waals surface area contributed by atoms with Gasteiger partial charge in [0.1, 0.15) is 0 Å². The van der Waals surface area contributed by atoms with Crippen LogP contribution in [-0.2, 0) is 0 Å². The van der Waals surface area contributed by atoms with E-state index in [0.717, 1.165) is 5.56 Å². The van der Waals surface area contributed by atoms with Crippen LogP contribution in [0, 0.1) is 0 Å². The number of phenolic OH excluding ortho intramolecular Hbond substituents is 1. The Morgan fingerprint density at radius 2 is 2.07 bits per heavy atom. The van der Waals surface area contributed by atoms with E-state index in [2.05, 4.69) is 15.9 Å². The topological polar surface area (TPSA) is 49.7 Å². The minimum Gasteiger partial charge on any atom is -0.503 e. The second-order valence-electron chi connectivity index (χ2n) is 3.21. The van der Waals surface area contributed by atoms with Gasteiger partial charge in [0.25, 0.3) is 0 Å². The van der Waals surface area contributed by atoms with Crippen LogP contribution in [0.15, 0.2) is 16.6 Å². The SMILES string of the molecule is CCOc1cc(C(O)CC)cc(Br)c1O. The first kappa shape index (κ1) is 12.3. The molecule has 0 aliphatic carbocycles. The Hall–Kier alpha value is -0.740. The zero-order valence-corrected chi connectivity index (χ0v) is 10.4. The number of aromatic hydroxyl groups is 1. The first-order chi connectivity index (χ1) is 7.10. The van der Waals surface area contributed by atoms with Crippen molar-refractivity contribution in [1.29, 1.82) is 0 Å². The molecule has 0 saturated heterocycles. The predicted molar refractivity (Wildman–Crippen MR) is 62.2 cm³/mol. The molecule has 0 amide bonds. The summed E-state index contributed by atoms with van der Waals surface area (Å²) in [4.78, 5) is 0. The average Bonchev–Trinajstić information content (AvgIpc) is 2.23. The molecule has 0 heterocycles. The van der Waals surface area contributed by atoms with E-state index in [0.29, 0.717) is 23.2 Å². The van der Waals surface area contributed by atoms with Gasteiger partial charge in [0, 0.05) is 0 Å². The zero-order chi connectivity index (χ0) is 11.4. The van der Waals surface area contributed by atoms with Gasteiger partial charge in [-0.05, 0) is 47.0 Å². The Bertz CT molecular complexity index is 339. The summed E-state index contributed by atoms with van der Waals surface area (Å²) in [6, 6.07) is 3.36. The van der Waals surface area contributed by atoms with E-state index < -0.39 is 6.10 Å². The molecular formula is C11H15BrO3. The zero-order valence-electron chi connectivity index (χ0n) is 8.83. The summed E-state index contributed by atoms with van der Waals surface area (Å²) in [5.74, 6) is 0.471. The van der Waals surface area contributed by atoms with Crippen LogP contribution in [0.2, 0.25) is 0 Å². The summed E-state index contributed by atoms with van der Waals surface area (Å²) >= 11 is 3.22. The number of hydrogen-bond donors (Lipinski definition) is 2. The minimum atomic E-state index is -0.527. The Morgan fingerprint density at radius 1 is 1.40 bits per heavy atom. The number of phenols is 1. The van der Waals surface area contributed by atoms with Gasteiger partial charge >= 0.3 is 0 Å². The monoisotopic (exact) mass is 274 g/mol. The molecule has 0 radical (unpaired) electrons. The van der Waals surface area contributed by atoms with Crippen molar-refractivity contribution in [2.24, 2.45) is 0 Å². The van der Waals surface area contributed by atoms with Crippen molar-refractivity contribution in [3.63, 3.8) is 0 Å². The van der Waals surface area contributed by atoms with E-state index in [9.17, 15) is 10.2 Å². The molecule has 3 nitrogen and oxygen atoms in total. The van der Waals surface area contributed by atoms with E-state index in [-0.39, 0.29) is 5.75 Å². The number of hydrogen-bond acceptors (Lipinski definition) is 3. The van der Waals surface area contributed by atoms with Crippen molar-refractivity contribution in [2.75, 3.05) is 6.61 Å². The summed E-state index contributed by atoms with van der Waals surface area (Å²) in [6.07, 6.45) is 0.101. The van der Waals surface area contributed by atoms with E-state index >= 15 is 0 Å². The lowest BCUT2D eigenvalue weighted by Crippen LogP contribution is -1.98. The molecule has 4 heteroatoms. The van der Waals surface area contributed by atoms with E-state index in [1.807, 2.05) is 13.8 Å². The number of aliphatic hydroxyl groups is 1. The Labute approximate surface area is 97.8 Å². The Kier molecular flexibility index (Phi) is 4.42. The Balaban J connectivity index is 3.11. The fourth-order valence-corrected chi connectivity index (χ4v) is 1.75. The van der Waals surface area contributed by atoms with Gasteiger partial charge < -0.3 is 14.9 Å². The van der Waals surface area contributed by atoms with E-state index in [4.69, 9.17) is 4.74 Å². The van der Waals surface area contributed by atoms with Gasteiger partial charge in [0.05, 0.1) is 17.2 Å². The lowest BCUT2D eigenvalue weighted by atomic mass is 10.1. The highest BCUT2D eigenvalue weighted by Crippen LogP contribution is 2.37. The highest BCUT2D eigenvalue weighted by molar-refractivity contribution is 9.10. The van der Waals surface area contributed by atoms with Crippen molar-refractivity contribution < 1.29 is 14.9 Å². The molecule has 1 atom stereocenters. The average molecular weight is 275 g/mol. The van der Waals surface area contributed by atoms with Gasteiger partial charge in [-0.2, -0.15) is 0 Å². The summed E-state index contributed by atoms with van der Waals surface area (Å²) in [5, 5.41) is 19.3. The normalized spacial score (nSPS) is 12.5. The third-order valence-electron chi connectivity index (χ3n) is 2.12. The predicted octanol–water partition coefficient (Wildman–Crippen LogP) is 3.00. The first-order valence-electron chi connectivity index (χ1n) is 4.93. The van der Waals surface area contributed by atoms with Crippen molar-refractivity contribution in [3.05, 3.63) is 22.2 Å². The molecule has 0 fully saturated rings. The standard InChI is InChI=1S/C11H15BrO3/c1-3-9(13)7-5-8(12)11(14)10(6-7)15-4-2/h5-6,9,13-14H,3-4H2,1-2H3. The first-order valence-corrected chi connectivity index (χ1v) is 5.72. The number of halogens is 1. The van der Waals surface area contributed by atoms with Crippen LogP contribution in [0.3, 0.4) is 0 Å². The number of benzene rings is 1. The van der Waals surface area contributed by atoms with Crippen molar-refractivity contribution >= 4 is 15.9 Å². The molecule has 2 N–H and O–H groups in total. The maximum atomic E-state index is 9.68. The number of aliphatic hydroxyl groups excluding tert-OH is 1. The second-order valence-corrected chi connectivity index (χ2v) is 4.06. The van der Waals surface area contributed by atoms with Crippen molar-refractivity contribution in [2.45, 2.75) is 26.4 Å². The van der Waals surface area contributed by atoms with E-state index in [1.54, 1.807) is 12.1 Å². The maximum Gasteiger partial charge on any atom is 0.172 e. The van der Waals surface area contributed by atoms with Gasteiger partial charge in [0.15, 0.2) is 11.5 Å². The van der Waals surface area contributed by atoms with Gasteiger partial charge in [-0.3, -0.25) is 0 Å². The van der Waals surface area contributed by atoms with Crippen LogP contribution in [0.4, 0.5) is 0 Å². The minimum absolute atomic E-state index is 0.0731. The molecule has 0 spiro atoms. The highest BCUT2D eigenvalue weighted by Gasteiger charge is 2.13. The molecule has 0 aromatic heterocycles. The van der Waals surface area contributed by atoms with Crippen LogP contribution < -0.4 is 4.74 Å². The van der Waals surface area contributed by atoms with Crippen molar-refractivity contribution in [1.82, 2.24) is 0 Å². The summed E-state index contributed by atoms with van der Waals surface area (Å²) in [5.41, 5.74) is 0.741. The third kappa shape index (κ3) is 2.86. The molecule has 0 aliphatic rings. The van der Waals surface area contributed by atoms with Gasteiger partial charge in [0.2, 0.25) is 0 Å². The van der Waals surface area contributed by atoms with Crippen LogP contribution in [0.5, 0.6) is 11.5 Å². The molecule has 1 unspecified atom stereocenters. The van der Waals surface area contributed by atoms with Gasteiger partial charge in [-0.15, -0.1) is 0 Å². The van der Waals surface area contributed by atoms with Crippen molar-refractivity contribution in [3.8, 4) is 11.5 Å². The quantitative estimate of drug-likeness (QED) is 0.888. The Morgan fingerprint density at radius 3 is 2.60 bits per heavy atom. The fraction of sp³-hybridized carbons (Fsp3) is 0.455. The smallest absolute Gasteiger partial charge is 0.172 e. The largest absolute Gasteiger partial charge is 0.503 e. The van der Waals surface area contributed by atoms with Crippen LogP contribution in [0.1, 0.15) is 31.9 Å². The summed E-state index contributed by atoms with van der Waals surface area (Å²) in [7, 11) is 0. The fourth-order valence-electron chi connectivity index (χ4n) is 1.29. The summed E-state index contributed by atoms with van der Waals surface area (Å²) in [6.45, 7) is 4.22. The number of rotatable bonds is 4. The second kappa shape index (κ2) is 5.37. The lowest BCUT2D eigenvalue weighted by Gasteiger charge is -2.13. The van der Waals surface area contributed by atoms with Crippen LogP contribution in [-0.4, -0.2) is 16.8 Å². The molecular weight excluding hydrogens is 260 g/mol. The van der Waals surface area contributed by atoms with Gasteiger partial charge in [-0.1, -0.05) is 6.92 Å². The molecule has 1 aromatic carbocycles. The maximum absolute atomic E-state index is 9.68. The molecule has 1 aromatic rings. The number of ether oxygens (including phenoxy) is 1. The van der Waals surface area contributed by atoms with Gasteiger partial charge in [-0.25, -0.2) is 0 Å². The highest BCUT2D eigenvalue weighted by atomic mass is 79.9. The molecule has 0 saturated carbocycles. The van der Waals surface area contributed by atoms with Crippen LogP contribution in [0.25, 0.3) is 0 Å². The molecule has 15 heavy (non-hydrogen) atoms. The molecule has 0 bridgehead atoms. The van der Waals surface area contributed by atoms with E-state index in [1.165, 1.54) is 0 Å². The summed E-state index contributed by atoms with van der Waals surface area (Å²) < 4.78 is 5.80.